The van der Waals surface area contributed by atoms with E-state index in [4.69, 9.17) is 4.74 Å². The lowest BCUT2D eigenvalue weighted by Crippen LogP contribution is -2.51. The highest BCUT2D eigenvalue weighted by Crippen LogP contribution is 2.38. The highest BCUT2D eigenvalue weighted by Gasteiger charge is 2.42. The Kier molecular flexibility index (Phi) is 5.24. The molecule has 7 nitrogen and oxygen atoms in total. The lowest BCUT2D eigenvalue weighted by molar-refractivity contribution is -0.151. The third-order valence-corrected chi connectivity index (χ3v) is 6.14. The van der Waals surface area contributed by atoms with Gasteiger partial charge in [-0.25, -0.2) is 4.72 Å². The van der Waals surface area contributed by atoms with Gasteiger partial charge in [0.15, 0.2) is 0 Å². The molecule has 0 unspecified atom stereocenters. The summed E-state index contributed by atoms with van der Waals surface area (Å²) in [4.78, 5) is 11.6. The van der Waals surface area contributed by atoms with Gasteiger partial charge >= 0.3 is 5.97 Å². The normalized spacial score (nSPS) is 32.0. The smallest absolute Gasteiger partial charge is 0.310 e. The molecule has 122 valence electrons. The molecule has 0 atom stereocenters. The van der Waals surface area contributed by atoms with Crippen molar-refractivity contribution >= 4 is 16.2 Å². The van der Waals surface area contributed by atoms with E-state index in [-0.39, 0.29) is 6.54 Å². The third kappa shape index (κ3) is 3.94. The topological polar surface area (TPSA) is 95.9 Å². The van der Waals surface area contributed by atoms with E-state index in [1.54, 1.807) is 0 Å². The molecule has 0 spiro atoms. The maximum Gasteiger partial charge on any atom is 0.310 e. The van der Waals surface area contributed by atoms with Crippen LogP contribution in [0, 0.1) is 11.3 Å². The summed E-state index contributed by atoms with van der Waals surface area (Å²) < 4.78 is 33.4. The van der Waals surface area contributed by atoms with Crippen LogP contribution in [0.1, 0.15) is 32.6 Å². The minimum Gasteiger partial charge on any atom is -0.481 e. The number of nitrogens with one attached hydrogen (secondary N) is 1. The number of ether oxygens (including phenoxy) is 1. The van der Waals surface area contributed by atoms with Crippen LogP contribution in [0.4, 0.5) is 0 Å². The maximum absolute atomic E-state index is 12.2. The fourth-order valence-corrected chi connectivity index (χ4v) is 4.16. The van der Waals surface area contributed by atoms with Gasteiger partial charge in [0.1, 0.15) is 0 Å². The number of rotatable bonds is 5. The van der Waals surface area contributed by atoms with Crippen molar-refractivity contribution in [2.75, 3.05) is 32.8 Å². The Bertz CT molecular complexity index is 465. The van der Waals surface area contributed by atoms with Crippen LogP contribution in [-0.4, -0.2) is 56.6 Å². The van der Waals surface area contributed by atoms with Gasteiger partial charge in [-0.2, -0.15) is 12.7 Å². The van der Waals surface area contributed by atoms with Crippen molar-refractivity contribution in [3.8, 4) is 0 Å². The van der Waals surface area contributed by atoms with Gasteiger partial charge < -0.3 is 9.84 Å². The number of nitrogens with zero attached hydrogens (tertiary/aromatic N) is 1. The van der Waals surface area contributed by atoms with Gasteiger partial charge in [0.25, 0.3) is 10.2 Å². The minimum absolute atomic E-state index is 0.0330. The number of hydrogen-bond donors (Lipinski definition) is 2. The first-order chi connectivity index (χ1) is 9.86. The predicted octanol–water partition coefficient (Wildman–Crippen LogP) is 0.434. The molecule has 1 saturated carbocycles. The maximum atomic E-state index is 12.2. The van der Waals surface area contributed by atoms with Gasteiger partial charge in [-0.1, -0.05) is 6.92 Å². The number of hydrogen-bond acceptors (Lipinski definition) is 4. The Hall–Kier alpha value is -0.700. The van der Waals surface area contributed by atoms with Gasteiger partial charge in [0.05, 0.1) is 18.6 Å². The molecule has 0 aromatic carbocycles. The zero-order valence-electron chi connectivity index (χ0n) is 12.4. The highest BCUT2D eigenvalue weighted by molar-refractivity contribution is 7.87. The summed E-state index contributed by atoms with van der Waals surface area (Å²) in [5.74, 6) is -0.396. The molecule has 21 heavy (non-hydrogen) atoms. The van der Waals surface area contributed by atoms with Crippen LogP contribution in [0.5, 0.6) is 0 Å². The first-order valence-electron chi connectivity index (χ1n) is 7.42. The Balaban J connectivity index is 2.00. The quantitative estimate of drug-likeness (QED) is 0.766. The van der Waals surface area contributed by atoms with E-state index in [9.17, 15) is 18.3 Å². The zero-order chi connectivity index (χ0) is 15.5. The second kappa shape index (κ2) is 6.60. The monoisotopic (exact) mass is 320 g/mol. The summed E-state index contributed by atoms with van der Waals surface area (Å²) in [5, 5.41) is 9.51. The van der Waals surface area contributed by atoms with Crippen molar-refractivity contribution in [1.82, 2.24) is 9.03 Å². The molecule has 2 N–H and O–H groups in total. The van der Waals surface area contributed by atoms with E-state index in [1.807, 2.05) is 0 Å². The first-order valence-corrected chi connectivity index (χ1v) is 8.86. The van der Waals surface area contributed by atoms with E-state index >= 15 is 0 Å². The van der Waals surface area contributed by atoms with Gasteiger partial charge in [-0.05, 0) is 31.6 Å². The summed E-state index contributed by atoms with van der Waals surface area (Å²) in [6.07, 6.45) is 2.70. The first kappa shape index (κ1) is 16.7. The van der Waals surface area contributed by atoms with Crippen LogP contribution in [0.15, 0.2) is 0 Å². The molecule has 0 aromatic rings. The largest absolute Gasteiger partial charge is 0.481 e. The molecular formula is C13H24N2O5S. The van der Waals surface area contributed by atoms with E-state index < -0.39 is 21.6 Å². The van der Waals surface area contributed by atoms with Gasteiger partial charge in [-0.3, -0.25) is 4.79 Å². The van der Waals surface area contributed by atoms with E-state index in [0.717, 1.165) is 12.8 Å². The molecule has 2 fully saturated rings. The predicted molar refractivity (Wildman–Crippen MR) is 77.0 cm³/mol. The molecule has 1 aliphatic carbocycles. The second-order valence-electron chi connectivity index (χ2n) is 6.11. The minimum atomic E-state index is -3.63. The van der Waals surface area contributed by atoms with Crippen LogP contribution >= 0.6 is 0 Å². The van der Waals surface area contributed by atoms with Crippen molar-refractivity contribution in [3.05, 3.63) is 0 Å². The standard InChI is InChI=1S/C13H24N2O5S/c1-11-2-4-13(5-3-11,12(16)17)10-14-21(18,19)15-6-8-20-9-7-15/h11,14H,2-10H2,1H3,(H,16,17). The summed E-state index contributed by atoms with van der Waals surface area (Å²) >= 11 is 0. The molecule has 8 heteroatoms. The Morgan fingerprint density at radius 3 is 2.43 bits per heavy atom. The average molecular weight is 320 g/mol. The number of carboxylic acid groups (broad SMARTS) is 1. The Morgan fingerprint density at radius 2 is 1.90 bits per heavy atom. The van der Waals surface area contributed by atoms with Crippen LogP contribution in [0.2, 0.25) is 0 Å². The Morgan fingerprint density at radius 1 is 1.33 bits per heavy atom. The summed E-state index contributed by atoms with van der Waals surface area (Å²) in [6.45, 7) is 3.45. The molecule has 1 saturated heterocycles. The number of morpholine rings is 1. The van der Waals surface area contributed by atoms with Crippen LogP contribution in [0.25, 0.3) is 0 Å². The molecule has 0 bridgehead atoms. The van der Waals surface area contributed by atoms with E-state index in [2.05, 4.69) is 11.6 Å². The fraction of sp³-hybridized carbons (Fsp3) is 0.923. The van der Waals surface area contributed by atoms with Crippen LogP contribution in [0.3, 0.4) is 0 Å². The number of carboxylic acids is 1. The van der Waals surface area contributed by atoms with Crippen molar-refractivity contribution < 1.29 is 23.1 Å². The van der Waals surface area contributed by atoms with Crippen molar-refractivity contribution in [2.45, 2.75) is 32.6 Å². The molecule has 0 radical (unpaired) electrons. The lowest BCUT2D eigenvalue weighted by Gasteiger charge is -2.36. The SMILES string of the molecule is CC1CCC(CNS(=O)(=O)N2CCOCC2)(C(=O)O)CC1. The number of aliphatic carboxylic acids is 1. The van der Waals surface area contributed by atoms with Gasteiger partial charge in [0.2, 0.25) is 0 Å². The van der Waals surface area contributed by atoms with Crippen LogP contribution in [-0.2, 0) is 19.7 Å². The molecule has 1 heterocycles. The van der Waals surface area contributed by atoms with Gasteiger partial charge in [0, 0.05) is 19.6 Å². The van der Waals surface area contributed by atoms with E-state index in [1.165, 1.54) is 4.31 Å². The molecule has 0 aromatic heterocycles. The fourth-order valence-electron chi connectivity index (χ4n) is 2.89. The summed E-state index contributed by atoms with van der Waals surface area (Å²) in [7, 11) is -3.63. The molecule has 0 amide bonds. The highest BCUT2D eigenvalue weighted by atomic mass is 32.2. The third-order valence-electron chi connectivity index (χ3n) is 4.59. The molecule has 2 rings (SSSR count). The molecular weight excluding hydrogens is 296 g/mol. The van der Waals surface area contributed by atoms with Crippen LogP contribution < -0.4 is 4.72 Å². The number of carbonyl (C=O) groups is 1. The average Bonchev–Trinajstić information content (AvgIpc) is 2.48. The lowest BCUT2D eigenvalue weighted by atomic mass is 9.71. The zero-order valence-corrected chi connectivity index (χ0v) is 13.2. The summed E-state index contributed by atoms with van der Waals surface area (Å²) in [6, 6.07) is 0. The molecule has 2 aliphatic rings. The van der Waals surface area contributed by atoms with Crippen molar-refractivity contribution in [3.63, 3.8) is 0 Å². The summed E-state index contributed by atoms with van der Waals surface area (Å²) in [5.41, 5.74) is -0.966. The van der Waals surface area contributed by atoms with Crippen molar-refractivity contribution in [2.24, 2.45) is 11.3 Å². The van der Waals surface area contributed by atoms with E-state index in [0.29, 0.717) is 45.1 Å². The Labute approximate surface area is 125 Å². The molecule has 1 aliphatic heterocycles. The second-order valence-corrected chi connectivity index (χ2v) is 7.86. The van der Waals surface area contributed by atoms with Crippen molar-refractivity contribution in [1.29, 1.82) is 0 Å². The van der Waals surface area contributed by atoms with Gasteiger partial charge in [-0.15, -0.1) is 0 Å².